The minimum Gasteiger partial charge on any atom is -0.443 e. The molecule has 0 atom stereocenters. The molecule has 1 saturated carbocycles. The third kappa shape index (κ3) is 10.7. The van der Waals surface area contributed by atoms with Crippen LogP contribution in [0.25, 0.3) is 0 Å². The standard InChI is InChI=1S/C17H36N2O3Si/c1-17(2,3)21-16(20)18-19(22-23(4)5)14-10-9-13-15-11-7-6-8-12-15/h15,23H,6-14H2,1-5H3,(H,18,20). The van der Waals surface area contributed by atoms with Gasteiger partial charge in [0.25, 0.3) is 0 Å². The Bertz CT molecular complexity index is 339. The summed E-state index contributed by atoms with van der Waals surface area (Å²) in [5, 5.41) is 1.59. The van der Waals surface area contributed by atoms with E-state index >= 15 is 0 Å². The number of hydrogen-bond acceptors (Lipinski definition) is 4. The lowest BCUT2D eigenvalue weighted by molar-refractivity contribution is -0.109. The fraction of sp³-hybridized carbons (Fsp3) is 0.941. The molecule has 136 valence electrons. The van der Waals surface area contributed by atoms with E-state index in [1.54, 1.807) is 5.17 Å². The van der Waals surface area contributed by atoms with Gasteiger partial charge in [-0.05, 0) is 46.2 Å². The van der Waals surface area contributed by atoms with Crippen LogP contribution < -0.4 is 5.43 Å². The molecule has 5 nitrogen and oxygen atoms in total. The lowest BCUT2D eigenvalue weighted by atomic mass is 9.86. The van der Waals surface area contributed by atoms with Crippen molar-refractivity contribution in [1.82, 2.24) is 10.6 Å². The van der Waals surface area contributed by atoms with Crippen LogP contribution >= 0.6 is 0 Å². The highest BCUT2D eigenvalue weighted by molar-refractivity contribution is 6.48. The largest absolute Gasteiger partial charge is 0.443 e. The molecule has 0 saturated heterocycles. The Labute approximate surface area is 143 Å². The molecule has 0 aromatic rings. The summed E-state index contributed by atoms with van der Waals surface area (Å²) in [5.41, 5.74) is 2.23. The van der Waals surface area contributed by atoms with E-state index in [0.717, 1.165) is 18.9 Å². The summed E-state index contributed by atoms with van der Waals surface area (Å²) < 4.78 is 11.1. The van der Waals surface area contributed by atoms with Crippen LogP contribution in [0.15, 0.2) is 0 Å². The van der Waals surface area contributed by atoms with Crippen molar-refractivity contribution in [2.24, 2.45) is 5.92 Å². The average Bonchev–Trinajstić information content (AvgIpc) is 2.41. The molecular formula is C17H36N2O3Si. The molecule has 1 aliphatic rings. The van der Waals surface area contributed by atoms with Crippen molar-refractivity contribution in [3.8, 4) is 0 Å². The van der Waals surface area contributed by atoms with Gasteiger partial charge in [-0.15, -0.1) is 5.17 Å². The van der Waals surface area contributed by atoms with Crippen LogP contribution in [0, 0.1) is 5.92 Å². The number of rotatable bonds is 8. The second kappa shape index (κ2) is 10.3. The Morgan fingerprint density at radius 1 is 1.17 bits per heavy atom. The summed E-state index contributed by atoms with van der Waals surface area (Å²) in [6.07, 6.45) is 10.1. The van der Waals surface area contributed by atoms with Gasteiger partial charge in [-0.3, -0.25) is 0 Å². The van der Waals surface area contributed by atoms with Gasteiger partial charge in [0, 0.05) is 6.54 Å². The Kier molecular flexibility index (Phi) is 9.17. The molecule has 0 spiro atoms. The molecule has 1 amide bonds. The van der Waals surface area contributed by atoms with Gasteiger partial charge in [-0.2, -0.15) is 0 Å². The van der Waals surface area contributed by atoms with Crippen LogP contribution in [-0.2, 0) is 9.26 Å². The molecule has 0 unspecified atom stereocenters. The van der Waals surface area contributed by atoms with E-state index in [1.165, 1.54) is 44.9 Å². The number of ether oxygens (including phenoxy) is 1. The predicted molar refractivity (Wildman–Crippen MR) is 96.5 cm³/mol. The minimum atomic E-state index is -1.26. The van der Waals surface area contributed by atoms with E-state index in [-0.39, 0.29) is 0 Å². The molecule has 0 bridgehead atoms. The maximum atomic E-state index is 11.9. The summed E-state index contributed by atoms with van der Waals surface area (Å²) in [6.45, 7) is 10.5. The molecule has 6 heteroatoms. The Morgan fingerprint density at radius 3 is 2.39 bits per heavy atom. The highest BCUT2D eigenvalue weighted by Gasteiger charge is 2.19. The Hall–Kier alpha value is -0.593. The number of hydrazine groups is 1. The summed E-state index contributed by atoms with van der Waals surface area (Å²) in [6, 6.07) is 0. The number of amides is 1. The second-order valence-corrected chi connectivity index (χ2v) is 10.2. The van der Waals surface area contributed by atoms with Crippen molar-refractivity contribution < 1.29 is 14.1 Å². The van der Waals surface area contributed by atoms with Crippen LogP contribution in [0.5, 0.6) is 0 Å². The van der Waals surface area contributed by atoms with E-state index in [0.29, 0.717) is 0 Å². The van der Waals surface area contributed by atoms with Crippen LogP contribution in [0.1, 0.15) is 72.1 Å². The molecule has 1 N–H and O–H groups in total. The summed E-state index contributed by atoms with van der Waals surface area (Å²) in [5.74, 6) is 0.913. The van der Waals surface area contributed by atoms with Gasteiger partial charge in [-0.25, -0.2) is 10.2 Å². The highest BCUT2D eigenvalue weighted by Crippen LogP contribution is 2.27. The number of hydroxylamine groups is 1. The zero-order chi connectivity index (χ0) is 17.3. The molecule has 0 aromatic heterocycles. The molecule has 0 aliphatic heterocycles. The zero-order valence-corrected chi connectivity index (χ0v) is 16.8. The van der Waals surface area contributed by atoms with Crippen LogP contribution in [-0.4, -0.2) is 32.5 Å². The van der Waals surface area contributed by atoms with Crippen molar-refractivity contribution in [3.63, 3.8) is 0 Å². The van der Waals surface area contributed by atoms with Gasteiger partial charge >= 0.3 is 6.09 Å². The van der Waals surface area contributed by atoms with Crippen molar-refractivity contribution in [2.75, 3.05) is 6.54 Å². The Balaban J connectivity index is 2.28. The fourth-order valence-electron chi connectivity index (χ4n) is 2.96. The second-order valence-electron chi connectivity index (χ2n) is 7.87. The molecule has 1 rings (SSSR count). The van der Waals surface area contributed by atoms with E-state index < -0.39 is 20.7 Å². The quantitative estimate of drug-likeness (QED) is 0.403. The van der Waals surface area contributed by atoms with E-state index in [9.17, 15) is 4.79 Å². The number of hydrogen-bond donors (Lipinski definition) is 1. The molecule has 0 aromatic carbocycles. The summed E-state index contributed by atoms with van der Waals surface area (Å²) in [7, 11) is -1.26. The lowest BCUT2D eigenvalue weighted by Crippen LogP contribution is -2.46. The predicted octanol–water partition coefficient (Wildman–Crippen LogP) is 4.39. The molecule has 23 heavy (non-hydrogen) atoms. The molecular weight excluding hydrogens is 308 g/mol. The van der Waals surface area contributed by atoms with Gasteiger partial charge in [0.2, 0.25) is 9.04 Å². The number of nitrogens with one attached hydrogen (secondary N) is 1. The van der Waals surface area contributed by atoms with Gasteiger partial charge < -0.3 is 9.26 Å². The van der Waals surface area contributed by atoms with Gasteiger partial charge in [0.1, 0.15) is 5.60 Å². The molecule has 0 radical (unpaired) electrons. The van der Waals surface area contributed by atoms with Gasteiger partial charge in [0.05, 0.1) is 0 Å². The lowest BCUT2D eigenvalue weighted by Gasteiger charge is -2.27. The molecule has 1 fully saturated rings. The van der Waals surface area contributed by atoms with Crippen LogP contribution in [0.4, 0.5) is 4.79 Å². The minimum absolute atomic E-state index is 0.445. The number of unbranched alkanes of at least 4 members (excludes halogenated alkanes) is 1. The van der Waals surface area contributed by atoms with E-state index in [2.05, 4.69) is 18.5 Å². The van der Waals surface area contributed by atoms with Crippen molar-refractivity contribution in [3.05, 3.63) is 0 Å². The molecule has 1 aliphatic carbocycles. The van der Waals surface area contributed by atoms with Gasteiger partial charge in [0.15, 0.2) is 0 Å². The molecule has 0 heterocycles. The summed E-state index contributed by atoms with van der Waals surface area (Å²) >= 11 is 0. The van der Waals surface area contributed by atoms with Crippen molar-refractivity contribution in [1.29, 1.82) is 0 Å². The Morgan fingerprint density at radius 2 is 1.83 bits per heavy atom. The average molecular weight is 345 g/mol. The van der Waals surface area contributed by atoms with Crippen LogP contribution in [0.2, 0.25) is 13.1 Å². The number of carbonyl (C=O) groups excluding carboxylic acids is 1. The fourth-order valence-corrected chi connectivity index (χ4v) is 3.62. The zero-order valence-electron chi connectivity index (χ0n) is 15.7. The normalized spacial score (nSPS) is 16.8. The van der Waals surface area contributed by atoms with Crippen molar-refractivity contribution in [2.45, 2.75) is 90.8 Å². The summed E-state index contributed by atoms with van der Waals surface area (Å²) in [4.78, 5) is 11.9. The van der Waals surface area contributed by atoms with Crippen LogP contribution in [0.3, 0.4) is 0 Å². The number of nitrogens with zero attached hydrogens (tertiary/aromatic N) is 1. The SMILES string of the molecule is C[SiH](C)ON(CCCCC1CCCCC1)NC(=O)OC(C)(C)C. The monoisotopic (exact) mass is 344 g/mol. The first-order valence-electron chi connectivity index (χ1n) is 9.20. The topological polar surface area (TPSA) is 50.8 Å². The van der Waals surface area contributed by atoms with E-state index in [4.69, 9.17) is 9.26 Å². The van der Waals surface area contributed by atoms with E-state index in [1.807, 2.05) is 20.8 Å². The maximum Gasteiger partial charge on any atom is 0.424 e. The first-order chi connectivity index (χ1) is 10.8. The number of carbonyl (C=O) groups is 1. The maximum absolute atomic E-state index is 11.9. The smallest absolute Gasteiger partial charge is 0.424 e. The first kappa shape index (κ1) is 20.5. The third-order valence-electron chi connectivity index (χ3n) is 3.90. The third-order valence-corrected chi connectivity index (χ3v) is 4.58. The highest BCUT2D eigenvalue weighted by atomic mass is 28.3. The first-order valence-corrected chi connectivity index (χ1v) is 12.0. The van der Waals surface area contributed by atoms with Crippen molar-refractivity contribution >= 4 is 15.1 Å². The van der Waals surface area contributed by atoms with Gasteiger partial charge in [-0.1, -0.05) is 44.9 Å².